The molecule has 20 heavy (non-hydrogen) atoms. The number of nitrogen functional groups attached to an aromatic ring is 1. The Hall–Kier alpha value is -1.42. The van der Waals surface area contributed by atoms with Crippen LogP contribution in [0.15, 0.2) is 18.2 Å². The number of nitrogens with two attached hydrogens (primary N) is 1. The maximum Gasteiger partial charge on any atom is 0.121 e. The van der Waals surface area contributed by atoms with Crippen molar-refractivity contribution in [1.82, 2.24) is 0 Å². The molecule has 2 rings (SSSR count). The average molecular weight is 278 g/mol. The van der Waals surface area contributed by atoms with Crippen molar-refractivity contribution < 1.29 is 9.84 Å². The van der Waals surface area contributed by atoms with Crippen molar-refractivity contribution in [1.29, 1.82) is 0 Å². The van der Waals surface area contributed by atoms with E-state index in [1.807, 2.05) is 18.2 Å². The van der Waals surface area contributed by atoms with E-state index in [9.17, 15) is 5.11 Å². The molecule has 0 radical (unpaired) electrons. The highest BCUT2D eigenvalue weighted by Crippen LogP contribution is 2.40. The van der Waals surface area contributed by atoms with Crippen LogP contribution in [0.25, 0.3) is 0 Å². The maximum absolute atomic E-state index is 10.6. The van der Waals surface area contributed by atoms with E-state index in [1.165, 1.54) is 0 Å². The lowest BCUT2D eigenvalue weighted by atomic mass is 9.71. The summed E-state index contributed by atoms with van der Waals surface area (Å²) in [5.41, 5.74) is 7.15. The van der Waals surface area contributed by atoms with Gasteiger partial charge in [0.25, 0.3) is 0 Å². The van der Waals surface area contributed by atoms with Crippen molar-refractivity contribution in [3.8, 4) is 5.75 Å². The molecule has 1 aliphatic carbocycles. The molecule has 4 N–H and O–H groups in total. The maximum atomic E-state index is 10.6. The first-order valence-corrected chi connectivity index (χ1v) is 7.23. The summed E-state index contributed by atoms with van der Waals surface area (Å²) in [5.74, 6) is 0.762. The van der Waals surface area contributed by atoms with Gasteiger partial charge in [0, 0.05) is 12.6 Å². The van der Waals surface area contributed by atoms with Gasteiger partial charge in [0.05, 0.1) is 24.1 Å². The summed E-state index contributed by atoms with van der Waals surface area (Å²) >= 11 is 0. The van der Waals surface area contributed by atoms with E-state index in [1.54, 1.807) is 7.11 Å². The standard InChI is InChI=1S/C16H26N2O2/c1-15(2)6-8-16(19,9-7-15)11-18-14-10-12(20-3)4-5-13(14)17/h4-5,10,18-19H,6-9,11,17H2,1-3H3. The first-order valence-electron chi connectivity index (χ1n) is 7.23. The minimum atomic E-state index is -0.634. The Labute approximate surface area is 121 Å². The lowest BCUT2D eigenvalue weighted by Crippen LogP contribution is -2.42. The topological polar surface area (TPSA) is 67.5 Å². The molecule has 0 saturated heterocycles. The predicted molar refractivity (Wildman–Crippen MR) is 83.1 cm³/mol. The molecule has 0 heterocycles. The lowest BCUT2D eigenvalue weighted by molar-refractivity contribution is -0.0145. The van der Waals surface area contributed by atoms with Crippen LogP contribution in [-0.4, -0.2) is 24.4 Å². The van der Waals surface area contributed by atoms with Crippen LogP contribution >= 0.6 is 0 Å². The zero-order valence-corrected chi connectivity index (χ0v) is 12.7. The molecule has 0 spiro atoms. The van der Waals surface area contributed by atoms with Crippen molar-refractivity contribution >= 4 is 11.4 Å². The Balaban J connectivity index is 1.98. The van der Waals surface area contributed by atoms with E-state index in [2.05, 4.69) is 19.2 Å². The zero-order chi connectivity index (χ0) is 14.8. The van der Waals surface area contributed by atoms with Crippen LogP contribution in [0, 0.1) is 5.41 Å². The summed E-state index contributed by atoms with van der Waals surface area (Å²) in [4.78, 5) is 0. The number of hydrogen-bond acceptors (Lipinski definition) is 4. The third kappa shape index (κ3) is 3.57. The number of anilines is 2. The van der Waals surface area contributed by atoms with Gasteiger partial charge in [0.1, 0.15) is 5.75 Å². The molecule has 1 aromatic carbocycles. The van der Waals surface area contributed by atoms with E-state index in [4.69, 9.17) is 10.5 Å². The van der Waals surface area contributed by atoms with Crippen LogP contribution in [0.3, 0.4) is 0 Å². The number of methoxy groups -OCH3 is 1. The Kier molecular flexibility index (Phi) is 4.14. The molecule has 4 heteroatoms. The smallest absolute Gasteiger partial charge is 0.121 e. The average Bonchev–Trinajstić information content (AvgIpc) is 2.42. The molecule has 0 amide bonds. The summed E-state index contributed by atoms with van der Waals surface area (Å²) in [6.07, 6.45) is 3.77. The van der Waals surface area contributed by atoms with E-state index in [0.717, 1.165) is 37.1 Å². The molecule has 0 aliphatic heterocycles. The van der Waals surface area contributed by atoms with Gasteiger partial charge in [-0.15, -0.1) is 0 Å². The monoisotopic (exact) mass is 278 g/mol. The number of benzene rings is 1. The van der Waals surface area contributed by atoms with Crippen LogP contribution in [0.4, 0.5) is 11.4 Å². The molecule has 1 aromatic rings. The zero-order valence-electron chi connectivity index (χ0n) is 12.7. The summed E-state index contributed by atoms with van der Waals surface area (Å²) < 4.78 is 5.20. The fourth-order valence-electron chi connectivity index (χ4n) is 2.64. The Morgan fingerprint density at radius 1 is 1.25 bits per heavy atom. The van der Waals surface area contributed by atoms with E-state index >= 15 is 0 Å². The van der Waals surface area contributed by atoms with Crippen LogP contribution in [-0.2, 0) is 0 Å². The molecular formula is C16H26N2O2. The van der Waals surface area contributed by atoms with Gasteiger partial charge in [-0.25, -0.2) is 0 Å². The number of nitrogens with one attached hydrogen (secondary N) is 1. The first kappa shape index (κ1) is 15.0. The Bertz CT molecular complexity index is 462. The summed E-state index contributed by atoms with van der Waals surface area (Å²) in [7, 11) is 1.63. The largest absolute Gasteiger partial charge is 0.497 e. The SMILES string of the molecule is COc1ccc(N)c(NCC2(O)CCC(C)(C)CC2)c1. The van der Waals surface area contributed by atoms with Crippen LogP contribution in [0.5, 0.6) is 5.75 Å². The molecule has 1 aliphatic rings. The molecule has 0 unspecified atom stereocenters. The van der Waals surface area contributed by atoms with Gasteiger partial charge in [-0.05, 0) is 43.2 Å². The highest BCUT2D eigenvalue weighted by Gasteiger charge is 2.36. The highest BCUT2D eigenvalue weighted by atomic mass is 16.5. The molecule has 0 atom stereocenters. The second-order valence-electron chi connectivity index (χ2n) is 6.70. The van der Waals surface area contributed by atoms with Gasteiger partial charge in [-0.3, -0.25) is 0 Å². The van der Waals surface area contributed by atoms with E-state index in [-0.39, 0.29) is 0 Å². The quantitative estimate of drug-likeness (QED) is 0.741. The molecule has 1 fully saturated rings. The van der Waals surface area contributed by atoms with Gasteiger partial charge in [-0.1, -0.05) is 13.8 Å². The minimum Gasteiger partial charge on any atom is -0.497 e. The third-order valence-electron chi connectivity index (χ3n) is 4.40. The number of hydrogen-bond donors (Lipinski definition) is 3. The van der Waals surface area contributed by atoms with E-state index in [0.29, 0.717) is 17.6 Å². The number of aliphatic hydroxyl groups is 1. The van der Waals surface area contributed by atoms with Crippen molar-refractivity contribution in [2.24, 2.45) is 5.41 Å². The summed E-state index contributed by atoms with van der Waals surface area (Å²) in [6.45, 7) is 5.06. The molecule has 0 aromatic heterocycles. The van der Waals surface area contributed by atoms with Crippen molar-refractivity contribution in [3.63, 3.8) is 0 Å². The van der Waals surface area contributed by atoms with Crippen molar-refractivity contribution in [2.75, 3.05) is 24.7 Å². The minimum absolute atomic E-state index is 0.348. The van der Waals surface area contributed by atoms with Gasteiger partial charge >= 0.3 is 0 Å². The molecular weight excluding hydrogens is 252 g/mol. The highest BCUT2D eigenvalue weighted by molar-refractivity contribution is 5.68. The van der Waals surface area contributed by atoms with Gasteiger partial charge < -0.3 is 20.9 Å². The molecule has 4 nitrogen and oxygen atoms in total. The first-order chi connectivity index (χ1) is 9.34. The predicted octanol–water partition coefficient (Wildman–Crippen LogP) is 3.02. The van der Waals surface area contributed by atoms with Gasteiger partial charge in [-0.2, -0.15) is 0 Å². The third-order valence-corrected chi connectivity index (χ3v) is 4.40. The molecule has 1 saturated carbocycles. The Morgan fingerprint density at radius 2 is 1.90 bits per heavy atom. The normalized spacial score (nSPS) is 20.4. The molecule has 0 bridgehead atoms. The van der Waals surface area contributed by atoms with Crippen LogP contribution < -0.4 is 15.8 Å². The van der Waals surface area contributed by atoms with Crippen LogP contribution in [0.2, 0.25) is 0 Å². The number of ether oxygens (including phenoxy) is 1. The molecule has 112 valence electrons. The lowest BCUT2D eigenvalue weighted by Gasteiger charge is -2.40. The van der Waals surface area contributed by atoms with Gasteiger partial charge in [0.15, 0.2) is 0 Å². The Morgan fingerprint density at radius 3 is 2.50 bits per heavy atom. The van der Waals surface area contributed by atoms with Crippen molar-refractivity contribution in [2.45, 2.75) is 45.1 Å². The summed E-state index contributed by atoms with van der Waals surface area (Å²) in [6, 6.07) is 5.51. The summed E-state index contributed by atoms with van der Waals surface area (Å²) in [5, 5.41) is 13.9. The van der Waals surface area contributed by atoms with E-state index < -0.39 is 5.60 Å². The van der Waals surface area contributed by atoms with Gasteiger partial charge in [0.2, 0.25) is 0 Å². The fraction of sp³-hybridized carbons (Fsp3) is 0.625. The van der Waals surface area contributed by atoms with Crippen LogP contribution in [0.1, 0.15) is 39.5 Å². The second-order valence-corrected chi connectivity index (χ2v) is 6.70. The second kappa shape index (κ2) is 5.52. The number of rotatable bonds is 4. The van der Waals surface area contributed by atoms with Crippen molar-refractivity contribution in [3.05, 3.63) is 18.2 Å². The fourth-order valence-corrected chi connectivity index (χ4v) is 2.64.